The van der Waals surface area contributed by atoms with Gasteiger partial charge in [-0.25, -0.2) is 4.98 Å². The second kappa shape index (κ2) is 16.0. The maximum absolute atomic E-state index is 14.3. The summed E-state index contributed by atoms with van der Waals surface area (Å²) in [6.45, 7) is 9.49. The number of unbranched alkanes of at least 4 members (excludes halogenated alkanes) is 4. The number of pyridine rings is 1. The molecule has 0 aliphatic heterocycles. The minimum atomic E-state index is -0.519. The number of benzene rings is 1. The zero-order valence-electron chi connectivity index (χ0n) is 21.5. The van der Waals surface area contributed by atoms with Crippen molar-refractivity contribution in [2.45, 2.75) is 103 Å². The zero-order valence-corrected chi connectivity index (χ0v) is 23.0. The van der Waals surface area contributed by atoms with E-state index in [9.17, 15) is 4.39 Å². The van der Waals surface area contributed by atoms with Gasteiger partial charge in [-0.1, -0.05) is 89.7 Å². The molecule has 4 heteroatoms. The van der Waals surface area contributed by atoms with Gasteiger partial charge in [-0.3, -0.25) is 0 Å². The summed E-state index contributed by atoms with van der Waals surface area (Å²) in [5.74, 6) is 1.34. The normalized spacial score (nSPS) is 17.8. The second-order valence-corrected chi connectivity index (χ2v) is 11.0. The third-order valence-electron chi connectivity index (χ3n) is 6.56. The molecule has 1 aliphatic rings. The predicted octanol–water partition coefficient (Wildman–Crippen LogP) is 8.56. The molecular weight excluding hydrogens is 425 g/mol. The fraction of sp³-hybridized carbons (Fsp3) is 0.621. The Kier molecular flexibility index (Phi) is 13.4. The monoisotopic (exact) mass is 471 g/mol. The van der Waals surface area contributed by atoms with Crippen LogP contribution in [0.15, 0.2) is 36.4 Å². The summed E-state index contributed by atoms with van der Waals surface area (Å²) in [5, 5.41) is 0. The van der Waals surface area contributed by atoms with Gasteiger partial charge in [0.25, 0.3) is 5.95 Å². The molecule has 0 atom stereocenters. The standard InChI is InChI=1S/C27H38FNO.C2H8Si/c1-3-5-7-9-21-10-12-22(13-11-21)23-14-16-24(17-15-23)25-18-19-26(27(28)29-25)30-20-8-6-4-2;1-3-2/h14-19,21-22H,3-13,20H2,1-2H3;3H2,1-2H3. The summed E-state index contributed by atoms with van der Waals surface area (Å²) >= 11 is 0. The van der Waals surface area contributed by atoms with E-state index in [0.717, 1.165) is 30.7 Å². The summed E-state index contributed by atoms with van der Waals surface area (Å²) in [4.78, 5) is 4.14. The highest BCUT2D eigenvalue weighted by atomic mass is 28.2. The topological polar surface area (TPSA) is 22.1 Å². The van der Waals surface area contributed by atoms with E-state index in [-0.39, 0.29) is 5.75 Å². The van der Waals surface area contributed by atoms with Gasteiger partial charge in [-0.05, 0) is 61.6 Å². The molecule has 1 fully saturated rings. The van der Waals surface area contributed by atoms with Gasteiger partial charge in [-0.2, -0.15) is 4.39 Å². The average molecular weight is 472 g/mol. The van der Waals surface area contributed by atoms with Crippen molar-refractivity contribution in [3.8, 4) is 17.0 Å². The van der Waals surface area contributed by atoms with Crippen LogP contribution in [-0.4, -0.2) is 21.1 Å². The first-order chi connectivity index (χ1) is 16.1. The van der Waals surface area contributed by atoms with E-state index in [4.69, 9.17) is 4.74 Å². The predicted molar refractivity (Wildman–Crippen MR) is 144 cm³/mol. The van der Waals surface area contributed by atoms with E-state index in [2.05, 4.69) is 56.2 Å². The Balaban J connectivity index is 0.00000122. The van der Waals surface area contributed by atoms with Crippen molar-refractivity contribution >= 4 is 9.52 Å². The quantitative estimate of drug-likeness (QED) is 0.186. The third-order valence-corrected chi connectivity index (χ3v) is 6.56. The van der Waals surface area contributed by atoms with E-state index in [1.54, 1.807) is 6.07 Å². The van der Waals surface area contributed by atoms with Crippen LogP contribution in [0.1, 0.15) is 96.0 Å². The highest BCUT2D eigenvalue weighted by molar-refractivity contribution is 6.31. The number of halogens is 1. The van der Waals surface area contributed by atoms with Crippen LogP contribution < -0.4 is 4.74 Å². The lowest BCUT2D eigenvalue weighted by molar-refractivity contribution is 0.287. The Morgan fingerprint density at radius 2 is 1.52 bits per heavy atom. The van der Waals surface area contributed by atoms with Gasteiger partial charge in [0.1, 0.15) is 0 Å². The molecule has 3 rings (SSSR count). The molecule has 2 nitrogen and oxygen atoms in total. The summed E-state index contributed by atoms with van der Waals surface area (Å²) in [6, 6.07) is 12.2. The van der Waals surface area contributed by atoms with Gasteiger partial charge in [0.2, 0.25) is 0 Å². The number of ether oxygens (including phenoxy) is 1. The lowest BCUT2D eigenvalue weighted by Crippen LogP contribution is -2.13. The van der Waals surface area contributed by atoms with Gasteiger partial charge in [0.05, 0.1) is 12.3 Å². The molecule has 1 saturated carbocycles. The van der Waals surface area contributed by atoms with E-state index in [1.165, 1.54) is 56.9 Å². The van der Waals surface area contributed by atoms with Crippen molar-refractivity contribution in [3.63, 3.8) is 0 Å². The molecule has 1 heterocycles. The molecular formula is C29H46FNOSi. The number of aromatic nitrogens is 1. The van der Waals surface area contributed by atoms with Gasteiger partial charge in [0.15, 0.2) is 5.75 Å². The minimum absolute atomic E-state index is 0.252. The molecule has 1 aromatic carbocycles. The van der Waals surface area contributed by atoms with Crippen molar-refractivity contribution < 1.29 is 9.13 Å². The highest BCUT2D eigenvalue weighted by Crippen LogP contribution is 2.38. The minimum Gasteiger partial charge on any atom is -0.489 e. The SMILES string of the molecule is CCCCCOc1ccc(-c2ccc(C3CCC(CCCCC)CC3)cc2)nc1F.C[SiH2]C. The lowest BCUT2D eigenvalue weighted by atomic mass is 9.77. The van der Waals surface area contributed by atoms with Crippen LogP contribution in [0.2, 0.25) is 13.1 Å². The molecule has 0 N–H and O–H groups in total. The Labute approximate surface area is 204 Å². The summed E-state index contributed by atoms with van der Waals surface area (Å²) in [6.07, 6.45) is 14.0. The molecule has 1 aliphatic carbocycles. The Hall–Kier alpha value is -1.68. The number of rotatable bonds is 11. The molecule has 0 saturated heterocycles. The Morgan fingerprint density at radius 3 is 2.12 bits per heavy atom. The molecule has 0 radical (unpaired) electrons. The Bertz CT molecular complexity index is 772. The van der Waals surface area contributed by atoms with Crippen molar-refractivity contribution in [2.24, 2.45) is 5.92 Å². The summed E-state index contributed by atoms with van der Waals surface area (Å²) in [5.41, 5.74) is 3.05. The number of hydrogen-bond acceptors (Lipinski definition) is 2. The molecule has 184 valence electrons. The van der Waals surface area contributed by atoms with Crippen LogP contribution in [0.4, 0.5) is 4.39 Å². The summed E-state index contributed by atoms with van der Waals surface area (Å²) in [7, 11) is 0.417. The first-order valence-electron chi connectivity index (χ1n) is 13.5. The molecule has 1 aromatic heterocycles. The molecule has 0 amide bonds. The van der Waals surface area contributed by atoms with Crippen molar-refractivity contribution in [2.75, 3.05) is 6.61 Å². The van der Waals surface area contributed by atoms with E-state index < -0.39 is 5.95 Å². The molecule has 2 aromatic rings. The van der Waals surface area contributed by atoms with Crippen LogP contribution in [0, 0.1) is 11.9 Å². The van der Waals surface area contributed by atoms with Gasteiger partial charge in [0, 0.05) is 15.1 Å². The first-order valence-corrected chi connectivity index (χ1v) is 16.3. The van der Waals surface area contributed by atoms with E-state index in [1.807, 2.05) is 6.07 Å². The van der Waals surface area contributed by atoms with Crippen LogP contribution in [-0.2, 0) is 0 Å². The lowest BCUT2D eigenvalue weighted by Gasteiger charge is -2.29. The van der Waals surface area contributed by atoms with Gasteiger partial charge in [-0.15, -0.1) is 0 Å². The van der Waals surface area contributed by atoms with Crippen LogP contribution in [0.25, 0.3) is 11.3 Å². The largest absolute Gasteiger partial charge is 0.489 e. The van der Waals surface area contributed by atoms with Crippen LogP contribution in [0.3, 0.4) is 0 Å². The van der Waals surface area contributed by atoms with Crippen molar-refractivity contribution in [1.29, 1.82) is 0 Å². The number of nitrogens with zero attached hydrogens (tertiary/aromatic N) is 1. The Morgan fingerprint density at radius 1 is 0.879 bits per heavy atom. The van der Waals surface area contributed by atoms with Gasteiger partial charge >= 0.3 is 0 Å². The third kappa shape index (κ3) is 9.60. The maximum atomic E-state index is 14.3. The first kappa shape index (κ1) is 27.6. The average Bonchev–Trinajstić information content (AvgIpc) is 2.84. The number of hydrogen-bond donors (Lipinski definition) is 0. The van der Waals surface area contributed by atoms with E-state index >= 15 is 0 Å². The van der Waals surface area contributed by atoms with Crippen molar-refractivity contribution in [3.05, 3.63) is 47.9 Å². The zero-order chi connectivity index (χ0) is 23.9. The van der Waals surface area contributed by atoms with Crippen molar-refractivity contribution in [1.82, 2.24) is 4.98 Å². The van der Waals surface area contributed by atoms with E-state index in [0.29, 0.717) is 27.7 Å². The molecule has 33 heavy (non-hydrogen) atoms. The van der Waals surface area contributed by atoms with Crippen LogP contribution in [0.5, 0.6) is 5.75 Å². The molecule has 0 spiro atoms. The second-order valence-electron chi connectivity index (χ2n) is 9.58. The summed E-state index contributed by atoms with van der Waals surface area (Å²) < 4.78 is 19.9. The fourth-order valence-corrected chi connectivity index (χ4v) is 4.62. The fourth-order valence-electron chi connectivity index (χ4n) is 4.62. The maximum Gasteiger partial charge on any atom is 0.255 e. The van der Waals surface area contributed by atoms with Gasteiger partial charge < -0.3 is 4.74 Å². The van der Waals surface area contributed by atoms with Crippen LogP contribution >= 0.6 is 0 Å². The highest BCUT2D eigenvalue weighted by Gasteiger charge is 2.22. The smallest absolute Gasteiger partial charge is 0.255 e. The molecule has 0 unspecified atom stereocenters. The molecule has 0 bridgehead atoms.